The number of carbonyl (C=O) groups excluding carboxylic acids is 3. The number of amides is 3. The third-order valence-electron chi connectivity index (χ3n) is 4.81. The molecule has 0 fully saturated rings. The van der Waals surface area contributed by atoms with Crippen molar-refractivity contribution in [3.63, 3.8) is 0 Å². The number of nitrogens with zero attached hydrogens (tertiary/aromatic N) is 1. The summed E-state index contributed by atoms with van der Waals surface area (Å²) < 4.78 is 4.87. The van der Waals surface area contributed by atoms with Gasteiger partial charge < -0.3 is 25.1 Å². The van der Waals surface area contributed by atoms with Crippen molar-refractivity contribution in [3.8, 4) is 0 Å². The van der Waals surface area contributed by atoms with E-state index in [9.17, 15) is 19.5 Å². The van der Waals surface area contributed by atoms with Crippen molar-refractivity contribution >= 4 is 29.1 Å². The first-order valence-corrected chi connectivity index (χ1v) is 9.60. The Hall–Kier alpha value is -3.13. The first-order valence-electron chi connectivity index (χ1n) is 9.60. The molecule has 3 amide bonds. The molecule has 0 bridgehead atoms. The Balaban J connectivity index is 1.64. The lowest BCUT2D eigenvalue weighted by molar-refractivity contribution is -0.136. The highest BCUT2D eigenvalue weighted by molar-refractivity contribution is 6.39. The van der Waals surface area contributed by atoms with Gasteiger partial charge in [0.05, 0.1) is 18.6 Å². The van der Waals surface area contributed by atoms with Crippen LogP contribution in [0.2, 0.25) is 0 Å². The minimum atomic E-state index is -0.968. The number of furan rings is 1. The summed E-state index contributed by atoms with van der Waals surface area (Å²) in [5.74, 6) is -1.81. The van der Waals surface area contributed by atoms with Crippen LogP contribution >= 0.6 is 0 Å². The van der Waals surface area contributed by atoms with Gasteiger partial charge in [0.1, 0.15) is 0 Å². The van der Waals surface area contributed by atoms with Crippen molar-refractivity contribution in [1.29, 1.82) is 0 Å². The predicted molar refractivity (Wildman–Crippen MR) is 107 cm³/mol. The van der Waals surface area contributed by atoms with Crippen LogP contribution in [0.1, 0.15) is 37.5 Å². The summed E-state index contributed by atoms with van der Waals surface area (Å²) in [6.07, 6.45) is 3.56. The lowest BCUT2D eigenvalue weighted by Gasteiger charge is -2.31. The first kappa shape index (κ1) is 20.6. The summed E-state index contributed by atoms with van der Waals surface area (Å²) in [5.41, 5.74) is 2.75. The Morgan fingerprint density at radius 3 is 2.69 bits per heavy atom. The van der Waals surface area contributed by atoms with Crippen LogP contribution in [0.15, 0.2) is 41.2 Å². The van der Waals surface area contributed by atoms with Gasteiger partial charge in [-0.15, -0.1) is 0 Å². The van der Waals surface area contributed by atoms with E-state index in [0.717, 1.165) is 24.1 Å². The van der Waals surface area contributed by atoms with E-state index in [1.54, 1.807) is 23.1 Å². The predicted octanol–water partition coefficient (Wildman–Crippen LogP) is 2.00. The van der Waals surface area contributed by atoms with Gasteiger partial charge in [-0.2, -0.15) is 0 Å². The second-order valence-corrected chi connectivity index (χ2v) is 7.33. The van der Waals surface area contributed by atoms with Crippen LogP contribution in [-0.2, 0) is 20.8 Å². The van der Waals surface area contributed by atoms with Crippen LogP contribution in [0.4, 0.5) is 11.4 Å². The number of aliphatic hydroxyl groups is 1. The molecule has 0 saturated carbocycles. The van der Waals surface area contributed by atoms with Crippen LogP contribution in [0.25, 0.3) is 0 Å². The number of aliphatic hydroxyl groups excluding tert-OH is 1. The summed E-state index contributed by atoms with van der Waals surface area (Å²) in [6, 6.07) is 6.88. The van der Waals surface area contributed by atoms with E-state index in [0.29, 0.717) is 17.8 Å². The summed E-state index contributed by atoms with van der Waals surface area (Å²) in [4.78, 5) is 38.5. The van der Waals surface area contributed by atoms with Gasteiger partial charge in [-0.25, -0.2) is 0 Å². The summed E-state index contributed by atoms with van der Waals surface area (Å²) in [6.45, 7) is 4.22. The maximum absolute atomic E-state index is 12.5. The van der Waals surface area contributed by atoms with Gasteiger partial charge in [0, 0.05) is 35.9 Å². The lowest BCUT2D eigenvalue weighted by atomic mass is 9.99. The molecule has 0 radical (unpaired) electrons. The summed E-state index contributed by atoms with van der Waals surface area (Å²) in [5, 5.41) is 14.9. The van der Waals surface area contributed by atoms with Gasteiger partial charge in [-0.3, -0.25) is 14.4 Å². The maximum atomic E-state index is 12.5. The van der Waals surface area contributed by atoms with E-state index >= 15 is 0 Å². The standard InChI is InChI=1S/C21H25N3O5/c1-13(2)21(28)24-8-3-4-14-5-6-16(10-17(14)24)23-20(27)19(26)22-11-18(25)15-7-9-29-12-15/h5-7,9-10,12-13,18,25H,3-4,8,11H2,1-2H3,(H,22,26)(H,23,27). The van der Waals surface area contributed by atoms with E-state index in [-0.39, 0.29) is 18.4 Å². The van der Waals surface area contributed by atoms with E-state index in [1.165, 1.54) is 12.5 Å². The molecule has 2 heterocycles. The van der Waals surface area contributed by atoms with E-state index in [4.69, 9.17) is 4.42 Å². The molecule has 0 saturated heterocycles. The SMILES string of the molecule is CC(C)C(=O)N1CCCc2ccc(NC(=O)C(=O)NCC(O)c3ccoc3)cc21. The number of nitrogens with one attached hydrogen (secondary N) is 2. The van der Waals surface area contributed by atoms with E-state index in [2.05, 4.69) is 10.6 Å². The maximum Gasteiger partial charge on any atom is 0.313 e. The minimum Gasteiger partial charge on any atom is -0.472 e. The highest BCUT2D eigenvalue weighted by Gasteiger charge is 2.25. The molecule has 1 aromatic heterocycles. The fraction of sp³-hybridized carbons (Fsp3) is 0.381. The van der Waals surface area contributed by atoms with Crippen molar-refractivity contribution in [1.82, 2.24) is 5.32 Å². The molecular weight excluding hydrogens is 374 g/mol. The average molecular weight is 399 g/mol. The first-order chi connectivity index (χ1) is 13.9. The zero-order valence-corrected chi connectivity index (χ0v) is 16.5. The van der Waals surface area contributed by atoms with Crippen molar-refractivity contribution in [2.24, 2.45) is 5.92 Å². The third-order valence-corrected chi connectivity index (χ3v) is 4.81. The summed E-state index contributed by atoms with van der Waals surface area (Å²) in [7, 11) is 0. The van der Waals surface area contributed by atoms with E-state index in [1.807, 2.05) is 19.9 Å². The third kappa shape index (κ3) is 4.83. The highest BCUT2D eigenvalue weighted by Crippen LogP contribution is 2.31. The monoisotopic (exact) mass is 399 g/mol. The molecule has 2 aromatic rings. The van der Waals surface area contributed by atoms with Crippen LogP contribution in [0, 0.1) is 5.92 Å². The smallest absolute Gasteiger partial charge is 0.313 e. The molecule has 1 aliphatic heterocycles. The number of rotatable bonds is 5. The fourth-order valence-electron chi connectivity index (χ4n) is 3.23. The molecule has 29 heavy (non-hydrogen) atoms. The Labute approximate surface area is 168 Å². The number of fused-ring (bicyclic) bond motifs is 1. The Bertz CT molecular complexity index is 892. The molecule has 0 spiro atoms. The second-order valence-electron chi connectivity index (χ2n) is 7.33. The molecule has 3 rings (SSSR count). The van der Waals surface area contributed by atoms with Crippen LogP contribution in [-0.4, -0.2) is 35.9 Å². The number of hydrogen-bond donors (Lipinski definition) is 3. The Morgan fingerprint density at radius 2 is 2.00 bits per heavy atom. The molecule has 3 N–H and O–H groups in total. The number of anilines is 2. The topological polar surface area (TPSA) is 112 Å². The largest absolute Gasteiger partial charge is 0.472 e. The average Bonchev–Trinajstić information content (AvgIpc) is 3.25. The molecular formula is C21H25N3O5. The second kappa shape index (κ2) is 8.91. The van der Waals surface area contributed by atoms with Gasteiger partial charge in [0.25, 0.3) is 0 Å². The van der Waals surface area contributed by atoms with Gasteiger partial charge in [-0.1, -0.05) is 19.9 Å². The molecule has 1 aromatic carbocycles. The molecule has 1 atom stereocenters. The number of aryl methyl sites for hydroxylation is 1. The minimum absolute atomic E-state index is 0.0282. The lowest BCUT2D eigenvalue weighted by Crippen LogP contribution is -2.39. The van der Waals surface area contributed by atoms with Crippen LogP contribution in [0.5, 0.6) is 0 Å². The molecule has 154 valence electrons. The molecule has 8 heteroatoms. The van der Waals surface area contributed by atoms with Gasteiger partial charge in [0.15, 0.2) is 0 Å². The van der Waals surface area contributed by atoms with Crippen molar-refractivity contribution in [3.05, 3.63) is 47.9 Å². The zero-order chi connectivity index (χ0) is 21.0. The van der Waals surface area contributed by atoms with Gasteiger partial charge >= 0.3 is 11.8 Å². The van der Waals surface area contributed by atoms with Crippen molar-refractivity contribution in [2.75, 3.05) is 23.3 Å². The normalized spacial score (nSPS) is 14.3. The molecule has 1 unspecified atom stereocenters. The zero-order valence-electron chi connectivity index (χ0n) is 16.5. The van der Waals surface area contributed by atoms with E-state index < -0.39 is 17.9 Å². The van der Waals surface area contributed by atoms with Crippen LogP contribution < -0.4 is 15.5 Å². The number of benzene rings is 1. The van der Waals surface area contributed by atoms with Gasteiger partial charge in [-0.05, 0) is 36.6 Å². The quantitative estimate of drug-likeness (QED) is 0.666. The van der Waals surface area contributed by atoms with Crippen molar-refractivity contribution < 1.29 is 23.9 Å². The van der Waals surface area contributed by atoms with Crippen LogP contribution in [0.3, 0.4) is 0 Å². The Morgan fingerprint density at radius 1 is 1.21 bits per heavy atom. The Kier molecular flexibility index (Phi) is 6.33. The molecule has 1 aliphatic rings. The number of hydrogen-bond acceptors (Lipinski definition) is 5. The fourth-order valence-corrected chi connectivity index (χ4v) is 3.23. The number of carbonyl (C=O) groups is 3. The molecule has 8 nitrogen and oxygen atoms in total. The van der Waals surface area contributed by atoms with Gasteiger partial charge in [0.2, 0.25) is 5.91 Å². The highest BCUT2D eigenvalue weighted by atomic mass is 16.3. The summed E-state index contributed by atoms with van der Waals surface area (Å²) >= 11 is 0. The molecule has 0 aliphatic carbocycles. The van der Waals surface area contributed by atoms with Crippen molar-refractivity contribution in [2.45, 2.75) is 32.8 Å².